The normalized spacial score (nSPS) is 19.3. The summed E-state index contributed by atoms with van der Waals surface area (Å²) in [6.45, 7) is 4.60. The van der Waals surface area contributed by atoms with Crippen molar-refractivity contribution in [2.75, 3.05) is 27.3 Å². The Morgan fingerprint density at radius 3 is 2.70 bits per heavy atom. The van der Waals surface area contributed by atoms with Crippen molar-refractivity contribution in [3.63, 3.8) is 0 Å². The Morgan fingerprint density at radius 1 is 1.33 bits per heavy atom. The molecule has 1 aromatic rings. The second-order valence-corrected chi connectivity index (χ2v) is 8.82. The first-order chi connectivity index (χ1) is 12.8. The van der Waals surface area contributed by atoms with Crippen molar-refractivity contribution in [3.05, 3.63) is 18.2 Å². The summed E-state index contributed by atoms with van der Waals surface area (Å²) in [5.41, 5.74) is 0. The molecule has 1 fully saturated rings. The van der Waals surface area contributed by atoms with Gasteiger partial charge < -0.3 is 14.8 Å². The van der Waals surface area contributed by atoms with Crippen molar-refractivity contribution in [1.82, 2.24) is 9.62 Å². The van der Waals surface area contributed by atoms with E-state index in [-0.39, 0.29) is 35.1 Å². The number of carbonyl (C=O) groups excluding carboxylic acids is 1. The first-order valence-corrected chi connectivity index (χ1v) is 10.8. The SMILES string of the molecule is CCC[C@H](C)NC(=O)[C@@H]1CCCN(S(=O)(=O)c2cc(OC)ccc2OC)C1. The number of methoxy groups -OCH3 is 2. The second-order valence-electron chi connectivity index (χ2n) is 6.92. The molecule has 0 unspecified atom stereocenters. The van der Waals surface area contributed by atoms with Gasteiger partial charge in [0.05, 0.1) is 20.1 Å². The van der Waals surface area contributed by atoms with Gasteiger partial charge >= 0.3 is 0 Å². The monoisotopic (exact) mass is 398 g/mol. The molecule has 1 amide bonds. The van der Waals surface area contributed by atoms with Crippen molar-refractivity contribution in [1.29, 1.82) is 0 Å². The smallest absolute Gasteiger partial charge is 0.246 e. The summed E-state index contributed by atoms with van der Waals surface area (Å²) in [5.74, 6) is 0.283. The minimum Gasteiger partial charge on any atom is -0.497 e. The molecule has 2 rings (SSSR count). The van der Waals surface area contributed by atoms with E-state index in [9.17, 15) is 13.2 Å². The van der Waals surface area contributed by atoms with Crippen LogP contribution in [0.4, 0.5) is 0 Å². The summed E-state index contributed by atoms with van der Waals surface area (Å²) < 4.78 is 38.1. The number of benzene rings is 1. The Kier molecular flexibility index (Phi) is 7.49. The van der Waals surface area contributed by atoms with Crippen LogP contribution in [-0.4, -0.2) is 52.0 Å². The van der Waals surface area contributed by atoms with Crippen LogP contribution in [0.15, 0.2) is 23.1 Å². The molecule has 1 aliphatic heterocycles. The summed E-state index contributed by atoms with van der Waals surface area (Å²) in [5, 5.41) is 3.00. The zero-order chi connectivity index (χ0) is 20.0. The van der Waals surface area contributed by atoms with E-state index in [1.807, 2.05) is 6.92 Å². The molecular formula is C19H30N2O5S. The van der Waals surface area contributed by atoms with Crippen molar-refractivity contribution in [2.45, 2.75) is 50.5 Å². The molecule has 27 heavy (non-hydrogen) atoms. The van der Waals surface area contributed by atoms with E-state index in [2.05, 4.69) is 12.2 Å². The number of ether oxygens (including phenoxy) is 2. The molecule has 2 atom stereocenters. The van der Waals surface area contributed by atoms with Gasteiger partial charge in [0, 0.05) is 25.2 Å². The number of sulfonamides is 1. The van der Waals surface area contributed by atoms with Crippen LogP contribution in [0.25, 0.3) is 0 Å². The lowest BCUT2D eigenvalue weighted by Crippen LogP contribution is -2.47. The molecule has 1 N–H and O–H groups in total. The molecule has 1 aromatic carbocycles. The number of nitrogens with zero attached hydrogens (tertiary/aromatic N) is 1. The van der Waals surface area contributed by atoms with Gasteiger partial charge in [0.25, 0.3) is 0 Å². The lowest BCUT2D eigenvalue weighted by Gasteiger charge is -2.32. The average Bonchev–Trinajstić information content (AvgIpc) is 2.67. The van der Waals surface area contributed by atoms with Crippen LogP contribution in [0.2, 0.25) is 0 Å². The third kappa shape index (κ3) is 5.13. The highest BCUT2D eigenvalue weighted by Crippen LogP contribution is 2.32. The molecule has 1 saturated heterocycles. The lowest BCUT2D eigenvalue weighted by atomic mass is 9.98. The first kappa shape index (κ1) is 21.5. The Bertz CT molecular complexity index is 750. The highest BCUT2D eigenvalue weighted by Gasteiger charge is 2.35. The van der Waals surface area contributed by atoms with Gasteiger partial charge in [-0.2, -0.15) is 4.31 Å². The van der Waals surface area contributed by atoms with E-state index in [4.69, 9.17) is 9.47 Å². The molecule has 0 bridgehead atoms. The number of rotatable bonds is 8. The van der Waals surface area contributed by atoms with Crippen LogP contribution >= 0.6 is 0 Å². The zero-order valence-electron chi connectivity index (χ0n) is 16.5. The molecule has 0 spiro atoms. The molecule has 1 aliphatic rings. The zero-order valence-corrected chi connectivity index (χ0v) is 17.3. The summed E-state index contributed by atoms with van der Waals surface area (Å²) in [7, 11) is -0.878. The fraction of sp³-hybridized carbons (Fsp3) is 0.632. The standard InChI is InChI=1S/C19H30N2O5S/c1-5-7-14(2)20-19(22)15-8-6-11-21(13-15)27(23,24)18-12-16(25-3)9-10-17(18)26-4/h9-10,12,14-15H,5-8,11,13H2,1-4H3,(H,20,22)/t14-,15+/m0/s1. The average molecular weight is 399 g/mol. The molecule has 8 heteroatoms. The largest absolute Gasteiger partial charge is 0.497 e. The Morgan fingerprint density at radius 2 is 2.07 bits per heavy atom. The van der Waals surface area contributed by atoms with Crippen molar-refractivity contribution >= 4 is 15.9 Å². The summed E-state index contributed by atoms with van der Waals surface area (Å²) in [6.07, 6.45) is 3.22. The van der Waals surface area contributed by atoms with Crippen molar-refractivity contribution in [2.24, 2.45) is 5.92 Å². The van der Waals surface area contributed by atoms with Crippen LogP contribution in [0.1, 0.15) is 39.5 Å². The first-order valence-electron chi connectivity index (χ1n) is 9.36. The quantitative estimate of drug-likeness (QED) is 0.727. The van der Waals surface area contributed by atoms with E-state index in [0.717, 1.165) is 12.8 Å². The molecule has 0 saturated carbocycles. The highest BCUT2D eigenvalue weighted by molar-refractivity contribution is 7.89. The van der Waals surface area contributed by atoms with Gasteiger partial charge in [-0.1, -0.05) is 13.3 Å². The molecule has 1 heterocycles. The topological polar surface area (TPSA) is 84.9 Å². The summed E-state index contributed by atoms with van der Waals surface area (Å²) in [6, 6.07) is 4.78. The predicted octanol–water partition coefficient (Wildman–Crippen LogP) is 2.41. The van der Waals surface area contributed by atoms with Gasteiger partial charge in [-0.25, -0.2) is 8.42 Å². The molecule has 0 aliphatic carbocycles. The summed E-state index contributed by atoms with van der Waals surface area (Å²) >= 11 is 0. The molecule has 0 radical (unpaired) electrons. The lowest BCUT2D eigenvalue weighted by molar-refractivity contribution is -0.126. The maximum absolute atomic E-state index is 13.2. The predicted molar refractivity (Wildman–Crippen MR) is 104 cm³/mol. The van der Waals surface area contributed by atoms with Crippen LogP contribution in [0.5, 0.6) is 11.5 Å². The third-order valence-corrected chi connectivity index (χ3v) is 6.74. The van der Waals surface area contributed by atoms with E-state index in [0.29, 0.717) is 25.1 Å². The third-order valence-electron chi connectivity index (χ3n) is 4.85. The number of piperidine rings is 1. The number of hydrogen-bond donors (Lipinski definition) is 1. The van der Waals surface area contributed by atoms with Crippen LogP contribution in [0, 0.1) is 5.92 Å². The number of carbonyl (C=O) groups is 1. The van der Waals surface area contributed by atoms with Crippen molar-refractivity contribution in [3.8, 4) is 11.5 Å². The van der Waals surface area contributed by atoms with E-state index >= 15 is 0 Å². The van der Waals surface area contributed by atoms with E-state index in [1.165, 1.54) is 24.6 Å². The second kappa shape index (κ2) is 9.41. The molecule has 152 valence electrons. The number of hydrogen-bond acceptors (Lipinski definition) is 5. The Hall–Kier alpha value is -1.80. The van der Waals surface area contributed by atoms with Crippen molar-refractivity contribution < 1.29 is 22.7 Å². The maximum Gasteiger partial charge on any atom is 0.246 e. The molecule has 0 aromatic heterocycles. The van der Waals surface area contributed by atoms with Gasteiger partial charge in [-0.3, -0.25) is 4.79 Å². The van der Waals surface area contributed by atoms with Gasteiger partial charge in [0.2, 0.25) is 15.9 Å². The van der Waals surface area contributed by atoms with Crippen LogP contribution < -0.4 is 14.8 Å². The minimum atomic E-state index is -3.79. The fourth-order valence-corrected chi connectivity index (χ4v) is 5.06. The summed E-state index contributed by atoms with van der Waals surface area (Å²) in [4.78, 5) is 12.6. The van der Waals surface area contributed by atoms with Crippen LogP contribution in [-0.2, 0) is 14.8 Å². The van der Waals surface area contributed by atoms with Gasteiger partial charge in [0.15, 0.2) is 0 Å². The highest BCUT2D eigenvalue weighted by atomic mass is 32.2. The number of amides is 1. The molecule has 7 nitrogen and oxygen atoms in total. The fourth-order valence-electron chi connectivity index (χ4n) is 3.37. The van der Waals surface area contributed by atoms with Gasteiger partial charge in [0.1, 0.15) is 16.4 Å². The Balaban J connectivity index is 2.20. The van der Waals surface area contributed by atoms with Gasteiger partial charge in [-0.05, 0) is 38.3 Å². The van der Waals surface area contributed by atoms with E-state index < -0.39 is 10.0 Å². The van der Waals surface area contributed by atoms with E-state index in [1.54, 1.807) is 12.1 Å². The molecular weight excluding hydrogens is 368 g/mol. The van der Waals surface area contributed by atoms with Gasteiger partial charge in [-0.15, -0.1) is 0 Å². The number of nitrogens with one attached hydrogen (secondary N) is 1. The Labute approximate surface area is 162 Å². The minimum absolute atomic E-state index is 0.0600. The maximum atomic E-state index is 13.2. The van der Waals surface area contributed by atoms with Crippen LogP contribution in [0.3, 0.4) is 0 Å².